The number of esters is 1. The summed E-state index contributed by atoms with van der Waals surface area (Å²) >= 11 is 0. The van der Waals surface area contributed by atoms with Crippen molar-refractivity contribution in [1.29, 1.82) is 0 Å². The van der Waals surface area contributed by atoms with Crippen LogP contribution in [0.3, 0.4) is 0 Å². The summed E-state index contributed by atoms with van der Waals surface area (Å²) in [5, 5.41) is 0. The first-order valence-electron chi connectivity index (χ1n) is 8.10. The van der Waals surface area contributed by atoms with Crippen molar-refractivity contribution in [3.8, 4) is 0 Å². The third-order valence-corrected chi connectivity index (χ3v) is 4.56. The number of carbonyl (C=O) groups is 1. The molecule has 0 saturated heterocycles. The van der Waals surface area contributed by atoms with Gasteiger partial charge in [0.1, 0.15) is 0 Å². The summed E-state index contributed by atoms with van der Waals surface area (Å²) < 4.78 is 6.88. The van der Waals surface area contributed by atoms with Crippen LogP contribution in [-0.4, -0.2) is 17.1 Å². The largest absolute Gasteiger partial charge is 0.466 e. The molecule has 1 aliphatic carbocycles. The van der Waals surface area contributed by atoms with Crippen LogP contribution in [0.1, 0.15) is 45.2 Å². The van der Waals surface area contributed by atoms with Crippen LogP contribution in [0.4, 0.5) is 0 Å². The van der Waals surface area contributed by atoms with Gasteiger partial charge in [0, 0.05) is 18.8 Å². The predicted octanol–water partition coefficient (Wildman–Crippen LogP) is 3.16. The van der Waals surface area contributed by atoms with E-state index in [9.17, 15) is 9.59 Å². The molecule has 1 heterocycles. The fraction of sp³-hybridized carbons (Fsp3) is 0.556. The minimum atomic E-state index is -0.0704. The topological polar surface area (TPSA) is 48.3 Å². The van der Waals surface area contributed by atoms with Gasteiger partial charge in [0.15, 0.2) is 0 Å². The SMILES string of the molecule is CCOC(=O)C(CC)C1CC=C(c2cccc(=O)n2C)CC1. The van der Waals surface area contributed by atoms with Gasteiger partial charge in [-0.25, -0.2) is 0 Å². The second-order valence-corrected chi connectivity index (χ2v) is 5.84. The lowest BCUT2D eigenvalue weighted by atomic mass is 9.79. The van der Waals surface area contributed by atoms with Crippen molar-refractivity contribution < 1.29 is 9.53 Å². The Balaban J connectivity index is 2.13. The molecular formula is C18H25NO3. The molecule has 1 aromatic heterocycles. The predicted molar refractivity (Wildman–Crippen MR) is 87.4 cm³/mol. The Morgan fingerprint density at radius 3 is 2.77 bits per heavy atom. The third-order valence-electron chi connectivity index (χ3n) is 4.56. The molecule has 0 spiro atoms. The summed E-state index contributed by atoms with van der Waals surface area (Å²) in [7, 11) is 1.80. The summed E-state index contributed by atoms with van der Waals surface area (Å²) in [4.78, 5) is 23.8. The lowest BCUT2D eigenvalue weighted by Gasteiger charge is -2.28. The van der Waals surface area contributed by atoms with Crippen LogP contribution >= 0.6 is 0 Å². The Morgan fingerprint density at radius 2 is 2.18 bits per heavy atom. The molecule has 0 aromatic carbocycles. The van der Waals surface area contributed by atoms with E-state index in [1.807, 2.05) is 19.9 Å². The zero-order valence-corrected chi connectivity index (χ0v) is 13.7. The van der Waals surface area contributed by atoms with Gasteiger partial charge in [-0.1, -0.05) is 19.1 Å². The summed E-state index contributed by atoms with van der Waals surface area (Å²) in [6.07, 6.45) is 5.74. The molecule has 4 nitrogen and oxygen atoms in total. The molecule has 1 aliphatic rings. The van der Waals surface area contributed by atoms with Crippen molar-refractivity contribution in [2.45, 2.75) is 39.5 Å². The lowest BCUT2D eigenvalue weighted by Crippen LogP contribution is -2.27. The first-order valence-corrected chi connectivity index (χ1v) is 8.10. The number of nitrogens with zero attached hydrogens (tertiary/aromatic N) is 1. The second-order valence-electron chi connectivity index (χ2n) is 5.84. The van der Waals surface area contributed by atoms with E-state index >= 15 is 0 Å². The molecule has 0 amide bonds. The van der Waals surface area contributed by atoms with E-state index in [-0.39, 0.29) is 17.4 Å². The monoisotopic (exact) mass is 303 g/mol. The Labute approximate surface area is 131 Å². The highest BCUT2D eigenvalue weighted by Crippen LogP contribution is 2.35. The fourth-order valence-corrected chi connectivity index (χ4v) is 3.28. The van der Waals surface area contributed by atoms with E-state index in [4.69, 9.17) is 4.74 Å². The van der Waals surface area contributed by atoms with Gasteiger partial charge in [-0.05, 0) is 50.2 Å². The Kier molecular flexibility index (Phi) is 5.58. The van der Waals surface area contributed by atoms with E-state index < -0.39 is 0 Å². The van der Waals surface area contributed by atoms with Gasteiger partial charge in [-0.15, -0.1) is 0 Å². The number of carbonyl (C=O) groups excluding carboxylic acids is 1. The van der Waals surface area contributed by atoms with Gasteiger partial charge in [0.2, 0.25) is 0 Å². The van der Waals surface area contributed by atoms with Gasteiger partial charge >= 0.3 is 5.97 Å². The van der Waals surface area contributed by atoms with E-state index in [2.05, 4.69) is 6.08 Å². The number of hydrogen-bond acceptors (Lipinski definition) is 3. The third kappa shape index (κ3) is 3.49. The number of aromatic nitrogens is 1. The average molecular weight is 303 g/mol. The van der Waals surface area contributed by atoms with Crippen LogP contribution in [0.2, 0.25) is 0 Å². The molecule has 22 heavy (non-hydrogen) atoms. The van der Waals surface area contributed by atoms with Crippen molar-refractivity contribution in [2.75, 3.05) is 6.61 Å². The highest BCUT2D eigenvalue weighted by Gasteiger charge is 2.29. The van der Waals surface area contributed by atoms with Crippen molar-refractivity contribution >= 4 is 11.5 Å². The van der Waals surface area contributed by atoms with Crippen molar-refractivity contribution in [2.24, 2.45) is 18.9 Å². The molecule has 0 radical (unpaired) electrons. The Morgan fingerprint density at radius 1 is 1.41 bits per heavy atom. The van der Waals surface area contributed by atoms with Crippen LogP contribution in [0, 0.1) is 11.8 Å². The highest BCUT2D eigenvalue weighted by atomic mass is 16.5. The first kappa shape index (κ1) is 16.5. The fourth-order valence-electron chi connectivity index (χ4n) is 3.28. The van der Waals surface area contributed by atoms with Gasteiger partial charge in [-0.3, -0.25) is 9.59 Å². The lowest BCUT2D eigenvalue weighted by molar-refractivity contribution is -0.150. The number of allylic oxidation sites excluding steroid dienone is 2. The maximum atomic E-state index is 12.0. The molecule has 0 bridgehead atoms. The molecule has 0 fully saturated rings. The van der Waals surface area contributed by atoms with Crippen molar-refractivity contribution in [3.63, 3.8) is 0 Å². The molecule has 0 N–H and O–H groups in total. The van der Waals surface area contributed by atoms with Gasteiger partial charge in [0.05, 0.1) is 12.5 Å². The summed E-state index contributed by atoms with van der Waals surface area (Å²) in [6.45, 7) is 4.33. The van der Waals surface area contributed by atoms with Crippen LogP contribution < -0.4 is 5.56 Å². The molecule has 1 aromatic rings. The Bertz CT molecular complexity index is 615. The van der Waals surface area contributed by atoms with Crippen LogP contribution in [0.15, 0.2) is 29.1 Å². The minimum absolute atomic E-state index is 0.0125. The summed E-state index contributed by atoms with van der Waals surface area (Å²) in [6, 6.07) is 5.36. The molecule has 2 unspecified atom stereocenters. The van der Waals surface area contributed by atoms with Crippen molar-refractivity contribution in [3.05, 3.63) is 40.3 Å². The van der Waals surface area contributed by atoms with Crippen LogP contribution in [0.5, 0.6) is 0 Å². The molecular weight excluding hydrogens is 278 g/mol. The minimum Gasteiger partial charge on any atom is -0.466 e. The second kappa shape index (κ2) is 7.43. The Hall–Kier alpha value is -1.84. The maximum absolute atomic E-state index is 12.0. The molecule has 2 atom stereocenters. The number of hydrogen-bond donors (Lipinski definition) is 0. The van der Waals surface area contributed by atoms with E-state index in [0.717, 1.165) is 31.4 Å². The molecule has 0 saturated carbocycles. The number of rotatable bonds is 5. The standard InChI is InChI=1S/C18H25NO3/c1-4-15(18(21)22-5-2)13-9-11-14(12-10-13)16-7-6-8-17(20)19(16)3/h6-8,11,13,15H,4-5,9-10,12H2,1-3H3. The summed E-state index contributed by atoms with van der Waals surface area (Å²) in [5.41, 5.74) is 2.20. The van der Waals surface area contributed by atoms with Crippen LogP contribution in [0.25, 0.3) is 5.57 Å². The molecule has 120 valence electrons. The molecule has 2 rings (SSSR count). The smallest absolute Gasteiger partial charge is 0.309 e. The molecule has 4 heteroatoms. The van der Waals surface area contributed by atoms with E-state index in [1.54, 1.807) is 23.7 Å². The summed E-state index contributed by atoms with van der Waals surface area (Å²) in [5.74, 6) is 0.254. The maximum Gasteiger partial charge on any atom is 0.309 e. The van der Waals surface area contributed by atoms with E-state index in [0.29, 0.717) is 12.5 Å². The average Bonchev–Trinajstić information content (AvgIpc) is 2.52. The normalized spacial score (nSPS) is 19.4. The highest BCUT2D eigenvalue weighted by molar-refractivity contribution is 5.73. The van der Waals surface area contributed by atoms with Gasteiger partial charge in [-0.2, -0.15) is 0 Å². The molecule has 0 aliphatic heterocycles. The first-order chi connectivity index (χ1) is 10.6. The number of ether oxygens (including phenoxy) is 1. The van der Waals surface area contributed by atoms with Crippen LogP contribution in [-0.2, 0) is 16.6 Å². The van der Waals surface area contributed by atoms with E-state index in [1.165, 1.54) is 5.57 Å². The zero-order valence-electron chi connectivity index (χ0n) is 13.7. The van der Waals surface area contributed by atoms with Gasteiger partial charge < -0.3 is 9.30 Å². The zero-order chi connectivity index (χ0) is 16.1. The quantitative estimate of drug-likeness (QED) is 0.785. The van der Waals surface area contributed by atoms with Crippen molar-refractivity contribution in [1.82, 2.24) is 4.57 Å². The number of pyridine rings is 1. The van der Waals surface area contributed by atoms with Gasteiger partial charge in [0.25, 0.3) is 5.56 Å².